The number of carbonyl (C=O) groups is 3. The first-order chi connectivity index (χ1) is 23.7. The van der Waals surface area contributed by atoms with Gasteiger partial charge in [-0.1, -0.05) is 29.8 Å². The van der Waals surface area contributed by atoms with E-state index < -0.39 is 6.03 Å². The minimum atomic E-state index is -0.392. The lowest BCUT2D eigenvalue weighted by atomic mass is 9.89. The molecule has 2 saturated heterocycles. The summed E-state index contributed by atoms with van der Waals surface area (Å²) in [5.41, 5.74) is 8.23. The van der Waals surface area contributed by atoms with Gasteiger partial charge in [0.15, 0.2) is 0 Å². The van der Waals surface area contributed by atoms with Gasteiger partial charge in [-0.25, -0.2) is 4.79 Å². The number of amides is 4. The number of imide groups is 1. The van der Waals surface area contributed by atoms with Crippen LogP contribution in [0.4, 0.5) is 27.5 Å². The molecule has 252 valence electrons. The Balaban J connectivity index is 1.03. The normalized spacial score (nSPS) is 19.8. The highest BCUT2D eigenvalue weighted by molar-refractivity contribution is 6.30. The van der Waals surface area contributed by atoms with Crippen LogP contribution in [0.1, 0.15) is 43.9 Å². The van der Waals surface area contributed by atoms with E-state index in [0.29, 0.717) is 18.1 Å². The molecule has 3 aliphatic rings. The van der Waals surface area contributed by atoms with Gasteiger partial charge < -0.3 is 15.1 Å². The van der Waals surface area contributed by atoms with Crippen LogP contribution in [0.3, 0.4) is 0 Å². The number of urea groups is 1. The summed E-state index contributed by atoms with van der Waals surface area (Å²) in [4.78, 5) is 49.4. The summed E-state index contributed by atoms with van der Waals surface area (Å²) in [6, 6.07) is 24.6. The van der Waals surface area contributed by atoms with Gasteiger partial charge in [-0.05, 0) is 90.2 Å². The van der Waals surface area contributed by atoms with E-state index in [1.165, 1.54) is 5.69 Å². The predicted molar refractivity (Wildman–Crippen MR) is 194 cm³/mol. The number of pyridine rings is 1. The molecule has 4 amide bonds. The summed E-state index contributed by atoms with van der Waals surface area (Å²) < 4.78 is 0. The SMILES string of the molecule is CC(=O)N1c2ccc(-c3ccc(N4CCN(Cc5ccncc5N5CCC(=O)NC5=O)CC4)cc3)cc2C(Nc2ccc(Cl)cc2)CC1C. The maximum absolute atomic E-state index is 12.7. The standard InChI is InChI=1S/C38H40ClN7O3/c1-25-21-34(41-31-8-6-30(39)7-9-31)33-22-28(5-12-35(33)46(25)26(2)47)27-3-10-32(11-4-27)44-19-17-43(18-20-44)24-29-13-15-40-23-36(29)45-16-14-37(48)42-38(45)49/h3-13,15,22-23,25,34,41H,14,16-21,24H2,1-2H3,(H,42,48,49). The molecule has 4 heterocycles. The molecule has 0 aliphatic carbocycles. The number of carbonyl (C=O) groups excluding carboxylic acids is 3. The molecule has 2 N–H and O–H groups in total. The van der Waals surface area contributed by atoms with E-state index in [2.05, 4.69) is 74.8 Å². The highest BCUT2D eigenvalue weighted by Gasteiger charge is 2.33. The van der Waals surface area contributed by atoms with Crippen molar-refractivity contribution >= 4 is 52.2 Å². The van der Waals surface area contributed by atoms with Crippen molar-refractivity contribution in [2.75, 3.05) is 52.7 Å². The number of aromatic nitrogens is 1. The number of benzene rings is 3. The molecule has 7 rings (SSSR count). The van der Waals surface area contributed by atoms with E-state index in [1.807, 2.05) is 35.2 Å². The molecule has 49 heavy (non-hydrogen) atoms. The third kappa shape index (κ3) is 6.97. The number of hydrogen-bond donors (Lipinski definition) is 2. The Kier molecular flexibility index (Phi) is 9.25. The van der Waals surface area contributed by atoms with Crippen molar-refractivity contribution in [1.82, 2.24) is 15.2 Å². The molecule has 0 bridgehead atoms. The van der Waals surface area contributed by atoms with Crippen molar-refractivity contribution in [1.29, 1.82) is 0 Å². The number of nitrogens with zero attached hydrogens (tertiary/aromatic N) is 5. The van der Waals surface area contributed by atoms with Crippen LogP contribution in [0.5, 0.6) is 0 Å². The summed E-state index contributed by atoms with van der Waals surface area (Å²) >= 11 is 6.14. The molecule has 11 heteroatoms. The van der Waals surface area contributed by atoms with Gasteiger partial charge in [-0.2, -0.15) is 0 Å². The van der Waals surface area contributed by atoms with Gasteiger partial charge >= 0.3 is 6.03 Å². The van der Waals surface area contributed by atoms with Crippen LogP contribution in [-0.4, -0.2) is 66.5 Å². The van der Waals surface area contributed by atoms with E-state index in [0.717, 1.165) is 71.9 Å². The Hall–Kier alpha value is -4.93. The van der Waals surface area contributed by atoms with Crippen LogP contribution < -0.4 is 25.3 Å². The number of fused-ring (bicyclic) bond motifs is 1. The quantitative estimate of drug-likeness (QED) is 0.231. The number of halogens is 1. The monoisotopic (exact) mass is 677 g/mol. The minimum Gasteiger partial charge on any atom is -0.378 e. The molecule has 0 spiro atoms. The van der Waals surface area contributed by atoms with Crippen molar-refractivity contribution in [3.05, 3.63) is 101 Å². The molecule has 10 nitrogen and oxygen atoms in total. The summed E-state index contributed by atoms with van der Waals surface area (Å²) in [7, 11) is 0. The fourth-order valence-corrected chi connectivity index (χ4v) is 7.39. The maximum Gasteiger partial charge on any atom is 0.328 e. The van der Waals surface area contributed by atoms with Gasteiger partial charge in [0.05, 0.1) is 17.9 Å². The topological polar surface area (TPSA) is 101 Å². The molecule has 1 aromatic heterocycles. The Labute approximate surface area is 291 Å². The van der Waals surface area contributed by atoms with Gasteiger partial charge in [0.25, 0.3) is 0 Å². The average molecular weight is 678 g/mol. The molecule has 2 fully saturated rings. The fraction of sp³-hybridized carbons (Fsp3) is 0.316. The zero-order valence-corrected chi connectivity index (χ0v) is 28.5. The third-order valence-electron chi connectivity index (χ3n) is 9.77. The third-order valence-corrected chi connectivity index (χ3v) is 10.0. The Morgan fingerprint density at radius 1 is 0.918 bits per heavy atom. The first kappa shape index (κ1) is 32.6. The van der Waals surface area contributed by atoms with E-state index in [-0.39, 0.29) is 30.3 Å². The van der Waals surface area contributed by atoms with E-state index in [4.69, 9.17) is 11.6 Å². The van der Waals surface area contributed by atoms with Gasteiger partial charge in [-0.3, -0.25) is 29.7 Å². The summed E-state index contributed by atoms with van der Waals surface area (Å²) in [5.74, 6) is -0.199. The molecular formula is C38H40ClN7O3. The lowest BCUT2D eigenvalue weighted by Gasteiger charge is -2.40. The van der Waals surface area contributed by atoms with Crippen molar-refractivity contribution in [2.45, 2.75) is 45.3 Å². The highest BCUT2D eigenvalue weighted by Crippen LogP contribution is 2.41. The van der Waals surface area contributed by atoms with Gasteiger partial charge in [0.2, 0.25) is 11.8 Å². The molecule has 3 aromatic carbocycles. The Bertz CT molecular complexity index is 1860. The number of piperazine rings is 1. The van der Waals surface area contributed by atoms with Crippen molar-refractivity contribution in [3.63, 3.8) is 0 Å². The lowest BCUT2D eigenvalue weighted by molar-refractivity contribution is -0.120. The molecule has 0 radical (unpaired) electrons. The predicted octanol–water partition coefficient (Wildman–Crippen LogP) is 6.47. The van der Waals surface area contributed by atoms with Gasteiger partial charge in [0, 0.05) is 86.9 Å². The summed E-state index contributed by atoms with van der Waals surface area (Å²) in [6.45, 7) is 8.32. The number of nitrogens with one attached hydrogen (secondary N) is 2. The average Bonchev–Trinajstić information content (AvgIpc) is 3.10. The van der Waals surface area contributed by atoms with Crippen LogP contribution in [0.25, 0.3) is 11.1 Å². The smallest absolute Gasteiger partial charge is 0.328 e. The first-order valence-electron chi connectivity index (χ1n) is 16.8. The zero-order valence-electron chi connectivity index (χ0n) is 27.7. The zero-order chi connectivity index (χ0) is 34.1. The van der Waals surface area contributed by atoms with Crippen molar-refractivity contribution in [3.8, 4) is 11.1 Å². The molecular weight excluding hydrogens is 638 g/mol. The largest absolute Gasteiger partial charge is 0.378 e. The van der Waals surface area contributed by atoms with Crippen LogP contribution >= 0.6 is 11.6 Å². The van der Waals surface area contributed by atoms with Crippen LogP contribution in [0.15, 0.2) is 85.2 Å². The Morgan fingerprint density at radius 2 is 1.65 bits per heavy atom. The van der Waals surface area contributed by atoms with Crippen molar-refractivity contribution in [2.24, 2.45) is 0 Å². The molecule has 2 unspecified atom stereocenters. The second kappa shape index (κ2) is 13.9. The van der Waals surface area contributed by atoms with Gasteiger partial charge in [0.1, 0.15) is 0 Å². The Morgan fingerprint density at radius 3 is 2.37 bits per heavy atom. The lowest BCUT2D eigenvalue weighted by Crippen LogP contribution is -2.50. The number of hydrogen-bond acceptors (Lipinski definition) is 7. The number of anilines is 4. The minimum absolute atomic E-state index is 0.0433. The second-order valence-electron chi connectivity index (χ2n) is 13.0. The van der Waals surface area contributed by atoms with E-state index in [9.17, 15) is 14.4 Å². The highest BCUT2D eigenvalue weighted by atomic mass is 35.5. The van der Waals surface area contributed by atoms with Gasteiger partial charge in [-0.15, -0.1) is 0 Å². The van der Waals surface area contributed by atoms with Crippen LogP contribution in [-0.2, 0) is 16.1 Å². The molecule has 2 atom stereocenters. The second-order valence-corrected chi connectivity index (χ2v) is 13.5. The van der Waals surface area contributed by atoms with E-state index >= 15 is 0 Å². The fourth-order valence-electron chi connectivity index (χ4n) is 7.26. The molecule has 3 aliphatic heterocycles. The maximum atomic E-state index is 12.7. The van der Waals surface area contributed by atoms with E-state index in [1.54, 1.807) is 24.2 Å². The van der Waals surface area contributed by atoms with Crippen LogP contribution in [0, 0.1) is 0 Å². The van der Waals surface area contributed by atoms with Crippen molar-refractivity contribution < 1.29 is 14.4 Å². The number of rotatable bonds is 7. The first-order valence-corrected chi connectivity index (χ1v) is 17.2. The molecule has 0 saturated carbocycles. The summed E-state index contributed by atoms with van der Waals surface area (Å²) in [5, 5.41) is 6.79. The van der Waals surface area contributed by atoms with Crippen LogP contribution in [0.2, 0.25) is 5.02 Å². The molecule has 4 aromatic rings. The summed E-state index contributed by atoms with van der Waals surface area (Å²) in [6.07, 6.45) is 4.54.